The number of fused-ring (bicyclic) bond motifs is 2. The van der Waals surface area contributed by atoms with Gasteiger partial charge in [-0.2, -0.15) is 0 Å². The van der Waals surface area contributed by atoms with Crippen LogP contribution in [-0.2, 0) is 0 Å². The third-order valence-electron chi connectivity index (χ3n) is 6.32. The number of halogens is 3. The summed E-state index contributed by atoms with van der Waals surface area (Å²) in [6.07, 6.45) is 2.41. The lowest BCUT2D eigenvalue weighted by atomic mass is 10.0. The number of alkyl halides is 2. The van der Waals surface area contributed by atoms with Crippen LogP contribution in [0, 0.1) is 18.7 Å². The lowest BCUT2D eigenvalue weighted by Crippen LogP contribution is -2.43. The number of aromatic amines is 1. The summed E-state index contributed by atoms with van der Waals surface area (Å²) in [4.78, 5) is 28.7. The third kappa shape index (κ3) is 2.41. The summed E-state index contributed by atoms with van der Waals surface area (Å²) >= 11 is 0. The van der Waals surface area contributed by atoms with E-state index >= 15 is 4.39 Å². The highest BCUT2D eigenvalue weighted by Crippen LogP contribution is 2.45. The van der Waals surface area contributed by atoms with Crippen LogP contribution in [0.1, 0.15) is 24.4 Å². The van der Waals surface area contributed by atoms with E-state index in [2.05, 4.69) is 4.98 Å². The summed E-state index contributed by atoms with van der Waals surface area (Å²) in [5.74, 6) is -4.46. The second-order valence-corrected chi connectivity index (χ2v) is 8.19. The molecule has 29 heavy (non-hydrogen) atoms. The normalized spacial score (nSPS) is 25.6. The molecule has 2 aliphatic carbocycles. The molecule has 1 saturated heterocycles. The zero-order valence-corrected chi connectivity index (χ0v) is 15.6. The second kappa shape index (κ2) is 5.65. The molecule has 3 aliphatic rings. The maximum Gasteiger partial charge on any atom is 0.329 e. The number of hydrogen-bond donors (Lipinski definition) is 3. The minimum absolute atomic E-state index is 0.0582. The summed E-state index contributed by atoms with van der Waals surface area (Å²) in [5, 5.41) is -0.0582. The molecule has 2 heterocycles. The van der Waals surface area contributed by atoms with Crippen LogP contribution in [0.2, 0.25) is 0 Å². The molecule has 2 fully saturated rings. The predicted octanol–water partition coefficient (Wildman–Crippen LogP) is 1.39. The average molecular weight is 407 g/mol. The van der Waals surface area contributed by atoms with Gasteiger partial charge in [0.25, 0.3) is 11.5 Å². The van der Waals surface area contributed by atoms with Gasteiger partial charge in [-0.1, -0.05) is 0 Å². The number of H-pyrrole nitrogens is 1. The van der Waals surface area contributed by atoms with Gasteiger partial charge in [-0.05, 0) is 31.4 Å². The summed E-state index contributed by atoms with van der Waals surface area (Å²) in [6.45, 7) is 1.82. The fraction of sp³-hybridized carbons (Fsp3) is 0.474. The molecule has 1 aromatic carbocycles. The van der Waals surface area contributed by atoms with E-state index in [1.54, 1.807) is 11.8 Å². The largest absolute Gasteiger partial charge is 0.396 e. The highest BCUT2D eigenvalue weighted by molar-refractivity contribution is 5.97. The van der Waals surface area contributed by atoms with Gasteiger partial charge in [0.1, 0.15) is 0 Å². The molecule has 0 amide bonds. The lowest BCUT2D eigenvalue weighted by molar-refractivity contribution is 0.0262. The number of nitrogen functional groups attached to an aromatic ring is 1. The molecular weight excluding hydrogens is 387 g/mol. The molecule has 0 spiro atoms. The molecule has 1 aromatic heterocycles. The Morgan fingerprint density at radius 2 is 1.97 bits per heavy atom. The third-order valence-corrected chi connectivity index (χ3v) is 6.32. The fourth-order valence-electron chi connectivity index (χ4n) is 4.77. The number of benzene rings is 1. The topological polar surface area (TPSA) is 110 Å². The van der Waals surface area contributed by atoms with E-state index in [9.17, 15) is 18.4 Å². The molecule has 2 aromatic rings. The SMILES string of the molecule is Cc1c(N2CC3=CC(F)(F)C(N)C3C2)c(F)c(N)c2c(=O)[nH]c(=O)n(C3CC3)c12. The number of anilines is 2. The number of nitrogens with one attached hydrogen (secondary N) is 1. The Hall–Kier alpha value is -2.75. The average Bonchev–Trinajstić information content (AvgIpc) is 3.35. The van der Waals surface area contributed by atoms with Crippen molar-refractivity contribution in [3.63, 3.8) is 0 Å². The van der Waals surface area contributed by atoms with E-state index in [1.165, 1.54) is 4.57 Å². The molecule has 0 radical (unpaired) electrons. The number of rotatable bonds is 2. The Labute approximate surface area is 162 Å². The molecule has 7 nitrogen and oxygen atoms in total. The molecule has 2 atom stereocenters. The van der Waals surface area contributed by atoms with Gasteiger partial charge >= 0.3 is 5.69 Å². The van der Waals surface area contributed by atoms with Crippen molar-refractivity contribution in [2.45, 2.75) is 37.8 Å². The smallest absolute Gasteiger partial charge is 0.329 e. The monoisotopic (exact) mass is 407 g/mol. The maximum absolute atomic E-state index is 15.3. The molecular formula is C19H20F3N5O2. The van der Waals surface area contributed by atoms with E-state index in [0.717, 1.165) is 18.9 Å². The summed E-state index contributed by atoms with van der Waals surface area (Å²) < 4.78 is 44.5. The van der Waals surface area contributed by atoms with Crippen molar-refractivity contribution in [3.05, 3.63) is 43.9 Å². The lowest BCUT2D eigenvalue weighted by Gasteiger charge is -2.26. The molecule has 5 N–H and O–H groups in total. The zero-order valence-electron chi connectivity index (χ0n) is 15.6. The maximum atomic E-state index is 15.3. The Balaban J connectivity index is 1.74. The van der Waals surface area contributed by atoms with Crippen molar-refractivity contribution in [3.8, 4) is 0 Å². The first-order valence-electron chi connectivity index (χ1n) is 9.48. The highest BCUT2D eigenvalue weighted by atomic mass is 19.3. The Bertz CT molecular complexity index is 1210. The van der Waals surface area contributed by atoms with Gasteiger partial charge in [0.15, 0.2) is 5.82 Å². The molecule has 1 aliphatic heterocycles. The van der Waals surface area contributed by atoms with Crippen LogP contribution >= 0.6 is 0 Å². The standard InChI is InChI=1S/C19H20F3N5O2/c1-7-14-11(17(28)25-18(29)27(14)9-2-3-9)13(23)12(20)15(7)26-5-8-4-19(21,22)16(24)10(8)6-26/h4,9-10,16H,2-3,5-6,23-24H2,1H3,(H,25,28,29). The summed E-state index contributed by atoms with van der Waals surface area (Å²) in [7, 11) is 0. The first-order valence-corrected chi connectivity index (χ1v) is 9.48. The van der Waals surface area contributed by atoms with Gasteiger partial charge < -0.3 is 16.4 Å². The number of nitrogens with zero attached hydrogens (tertiary/aromatic N) is 2. The van der Waals surface area contributed by atoms with E-state index in [4.69, 9.17) is 11.5 Å². The van der Waals surface area contributed by atoms with Crippen molar-refractivity contribution in [1.82, 2.24) is 9.55 Å². The van der Waals surface area contributed by atoms with Crippen LogP contribution in [0.15, 0.2) is 21.2 Å². The van der Waals surface area contributed by atoms with Crippen molar-refractivity contribution in [2.24, 2.45) is 11.7 Å². The van der Waals surface area contributed by atoms with Crippen LogP contribution in [-0.4, -0.2) is 34.6 Å². The van der Waals surface area contributed by atoms with Gasteiger partial charge in [-0.15, -0.1) is 0 Å². The van der Waals surface area contributed by atoms with Crippen LogP contribution in [0.5, 0.6) is 0 Å². The van der Waals surface area contributed by atoms with Crippen molar-refractivity contribution in [1.29, 1.82) is 0 Å². The van der Waals surface area contributed by atoms with Gasteiger partial charge in [-0.3, -0.25) is 14.3 Å². The molecule has 2 unspecified atom stereocenters. The molecule has 154 valence electrons. The van der Waals surface area contributed by atoms with Gasteiger partial charge in [0.05, 0.1) is 28.3 Å². The number of nitrogens with two attached hydrogens (primary N) is 2. The Morgan fingerprint density at radius 1 is 1.28 bits per heavy atom. The molecule has 10 heteroatoms. The second-order valence-electron chi connectivity index (χ2n) is 8.19. The minimum atomic E-state index is -3.08. The number of aromatic nitrogens is 2. The summed E-state index contributed by atoms with van der Waals surface area (Å²) in [5.41, 5.74) is 11.3. The summed E-state index contributed by atoms with van der Waals surface area (Å²) in [6, 6.07) is -1.44. The predicted molar refractivity (Wildman–Crippen MR) is 103 cm³/mol. The first kappa shape index (κ1) is 18.3. The van der Waals surface area contributed by atoms with Crippen LogP contribution in [0.4, 0.5) is 24.5 Å². The van der Waals surface area contributed by atoms with E-state index < -0.39 is 34.9 Å². The number of aryl methyl sites for hydroxylation is 1. The molecule has 5 rings (SSSR count). The fourth-order valence-corrected chi connectivity index (χ4v) is 4.77. The van der Waals surface area contributed by atoms with Crippen LogP contribution in [0.3, 0.4) is 0 Å². The Kier molecular flexibility index (Phi) is 3.57. The molecule has 1 saturated carbocycles. The highest BCUT2D eigenvalue weighted by Gasteiger charge is 2.51. The molecule has 0 bridgehead atoms. The van der Waals surface area contributed by atoms with Gasteiger partial charge in [0, 0.05) is 30.6 Å². The van der Waals surface area contributed by atoms with E-state index in [0.29, 0.717) is 16.7 Å². The minimum Gasteiger partial charge on any atom is -0.396 e. The van der Waals surface area contributed by atoms with Crippen molar-refractivity contribution < 1.29 is 13.2 Å². The first-order chi connectivity index (χ1) is 13.6. The number of hydrogen-bond acceptors (Lipinski definition) is 5. The quantitative estimate of drug-likeness (QED) is 0.515. The Morgan fingerprint density at radius 3 is 2.59 bits per heavy atom. The van der Waals surface area contributed by atoms with Crippen molar-refractivity contribution >= 4 is 22.3 Å². The van der Waals surface area contributed by atoms with E-state index in [1.807, 2.05) is 0 Å². The van der Waals surface area contributed by atoms with Gasteiger partial charge in [-0.25, -0.2) is 18.0 Å². The van der Waals surface area contributed by atoms with E-state index in [-0.39, 0.29) is 35.9 Å². The van der Waals surface area contributed by atoms with Crippen molar-refractivity contribution in [2.75, 3.05) is 23.7 Å². The zero-order chi connectivity index (χ0) is 20.8. The van der Waals surface area contributed by atoms with Crippen LogP contribution in [0.25, 0.3) is 10.9 Å². The van der Waals surface area contributed by atoms with Crippen LogP contribution < -0.4 is 27.6 Å². The van der Waals surface area contributed by atoms with Gasteiger partial charge in [0.2, 0.25) is 0 Å².